The Morgan fingerprint density at radius 2 is 2.05 bits per heavy atom. The van der Waals surface area contributed by atoms with E-state index in [0.717, 1.165) is 12.1 Å². The molecule has 3 N–H and O–H groups in total. The van der Waals surface area contributed by atoms with Gasteiger partial charge >= 0.3 is 6.61 Å². The highest BCUT2D eigenvalue weighted by Gasteiger charge is 2.26. The van der Waals surface area contributed by atoms with Gasteiger partial charge < -0.3 is 15.8 Å². The number of hydrogen-bond acceptors (Lipinski definition) is 3. The first-order valence-corrected chi connectivity index (χ1v) is 5.52. The summed E-state index contributed by atoms with van der Waals surface area (Å²) in [4.78, 5) is 11.8. The van der Waals surface area contributed by atoms with Crippen LogP contribution in [0.1, 0.15) is 13.8 Å². The molecule has 1 rings (SSSR count). The highest BCUT2D eigenvalue weighted by molar-refractivity contribution is 5.95. The third kappa shape index (κ3) is 4.90. The minimum Gasteiger partial charge on any atom is -0.432 e. The Kier molecular flexibility index (Phi) is 6.81. The molecule has 0 aliphatic rings. The molecule has 114 valence electrons. The number of nitrogens with one attached hydrogen (secondary N) is 1. The Morgan fingerprint density at radius 1 is 1.45 bits per heavy atom. The smallest absolute Gasteiger partial charge is 0.387 e. The second-order valence-corrected chi connectivity index (χ2v) is 4.57. The van der Waals surface area contributed by atoms with Crippen molar-refractivity contribution in [2.75, 3.05) is 11.9 Å². The van der Waals surface area contributed by atoms with Crippen LogP contribution in [0.5, 0.6) is 5.75 Å². The lowest BCUT2D eigenvalue weighted by molar-refractivity contribution is -0.123. The number of amides is 1. The van der Waals surface area contributed by atoms with Crippen LogP contribution in [-0.4, -0.2) is 19.1 Å². The summed E-state index contributed by atoms with van der Waals surface area (Å²) in [5, 5.41) is 2.45. The summed E-state index contributed by atoms with van der Waals surface area (Å²) in [6.07, 6.45) is 0. The van der Waals surface area contributed by atoms with E-state index in [1.165, 1.54) is 6.07 Å². The monoisotopic (exact) mass is 312 g/mol. The zero-order chi connectivity index (χ0) is 14.6. The van der Waals surface area contributed by atoms with Crippen molar-refractivity contribution in [3.05, 3.63) is 24.0 Å². The fourth-order valence-corrected chi connectivity index (χ4v) is 1.16. The Labute approximate surface area is 120 Å². The van der Waals surface area contributed by atoms with Crippen LogP contribution in [-0.2, 0) is 4.79 Å². The van der Waals surface area contributed by atoms with Crippen LogP contribution >= 0.6 is 12.4 Å². The largest absolute Gasteiger partial charge is 0.432 e. The lowest BCUT2D eigenvalue weighted by atomic mass is 9.92. The van der Waals surface area contributed by atoms with Gasteiger partial charge in [0.15, 0.2) is 11.6 Å². The summed E-state index contributed by atoms with van der Waals surface area (Å²) in [6.45, 7) is 0.277. The molecule has 0 radical (unpaired) electrons. The number of anilines is 1. The summed E-state index contributed by atoms with van der Waals surface area (Å²) < 4.78 is 41.2. The Hall–Kier alpha value is -1.47. The van der Waals surface area contributed by atoms with Gasteiger partial charge in [0.2, 0.25) is 5.91 Å². The van der Waals surface area contributed by atoms with Crippen LogP contribution in [0.2, 0.25) is 0 Å². The minimum absolute atomic E-state index is 0. The maximum absolute atomic E-state index is 13.4. The van der Waals surface area contributed by atoms with E-state index in [0.29, 0.717) is 0 Å². The SMILES string of the molecule is CC(C)(CN)C(=O)Nc1ccc(OC(F)F)c(F)c1.Cl. The van der Waals surface area contributed by atoms with Crippen molar-refractivity contribution < 1.29 is 22.7 Å². The number of ether oxygens (including phenoxy) is 1. The van der Waals surface area contributed by atoms with Gasteiger partial charge in [-0.2, -0.15) is 8.78 Å². The molecule has 0 unspecified atom stereocenters. The molecule has 1 aromatic rings. The molecule has 0 heterocycles. The second-order valence-electron chi connectivity index (χ2n) is 4.57. The Balaban J connectivity index is 0.00000361. The second kappa shape index (κ2) is 7.35. The topological polar surface area (TPSA) is 64.4 Å². The molecule has 0 aliphatic heterocycles. The van der Waals surface area contributed by atoms with Gasteiger partial charge in [0, 0.05) is 18.3 Å². The van der Waals surface area contributed by atoms with Gasteiger partial charge in [0.05, 0.1) is 5.41 Å². The highest BCUT2D eigenvalue weighted by atomic mass is 35.5. The number of halogens is 4. The number of carbonyl (C=O) groups excluding carboxylic acids is 1. The van der Waals surface area contributed by atoms with E-state index >= 15 is 0 Å². The molecule has 1 amide bonds. The van der Waals surface area contributed by atoms with Gasteiger partial charge in [0.25, 0.3) is 0 Å². The summed E-state index contributed by atoms with van der Waals surface area (Å²) in [6, 6.07) is 3.19. The van der Waals surface area contributed by atoms with Gasteiger partial charge in [-0.05, 0) is 26.0 Å². The maximum atomic E-state index is 13.4. The van der Waals surface area contributed by atoms with E-state index in [9.17, 15) is 18.0 Å². The van der Waals surface area contributed by atoms with Crippen LogP contribution in [0.15, 0.2) is 18.2 Å². The summed E-state index contributed by atoms with van der Waals surface area (Å²) in [5.74, 6) is -1.95. The number of nitrogens with two attached hydrogens (primary N) is 1. The van der Waals surface area contributed by atoms with Crippen molar-refractivity contribution in [3.63, 3.8) is 0 Å². The van der Waals surface area contributed by atoms with E-state index in [1.807, 2.05) is 0 Å². The molecule has 0 bridgehead atoms. The first kappa shape index (κ1) is 18.5. The maximum Gasteiger partial charge on any atom is 0.387 e. The van der Waals surface area contributed by atoms with E-state index in [4.69, 9.17) is 5.73 Å². The Morgan fingerprint density at radius 3 is 2.50 bits per heavy atom. The predicted molar refractivity (Wildman–Crippen MR) is 71.7 cm³/mol. The first-order valence-electron chi connectivity index (χ1n) is 5.52. The molecule has 0 aliphatic carbocycles. The number of hydrogen-bond donors (Lipinski definition) is 2. The first-order chi connectivity index (χ1) is 8.76. The summed E-state index contributed by atoms with van der Waals surface area (Å²) in [5.41, 5.74) is 4.76. The van der Waals surface area contributed by atoms with Gasteiger partial charge in [-0.3, -0.25) is 4.79 Å². The van der Waals surface area contributed by atoms with E-state index in [-0.39, 0.29) is 24.6 Å². The van der Waals surface area contributed by atoms with Crippen molar-refractivity contribution >= 4 is 24.0 Å². The molecule has 0 aromatic heterocycles. The van der Waals surface area contributed by atoms with E-state index in [2.05, 4.69) is 10.1 Å². The van der Waals surface area contributed by atoms with Crippen LogP contribution in [0.4, 0.5) is 18.9 Å². The molecule has 0 atom stereocenters. The van der Waals surface area contributed by atoms with Gasteiger partial charge in [0.1, 0.15) is 0 Å². The van der Waals surface area contributed by atoms with E-state index < -0.39 is 29.5 Å². The van der Waals surface area contributed by atoms with Crippen molar-refractivity contribution in [3.8, 4) is 5.75 Å². The number of carbonyl (C=O) groups is 1. The quantitative estimate of drug-likeness (QED) is 0.878. The lowest BCUT2D eigenvalue weighted by Crippen LogP contribution is -2.37. The van der Waals surface area contributed by atoms with Crippen LogP contribution < -0.4 is 15.8 Å². The average molecular weight is 313 g/mol. The lowest BCUT2D eigenvalue weighted by Gasteiger charge is -2.21. The third-order valence-electron chi connectivity index (χ3n) is 2.53. The number of rotatable bonds is 5. The van der Waals surface area contributed by atoms with Gasteiger partial charge in [-0.1, -0.05) is 0 Å². The molecule has 1 aromatic carbocycles. The van der Waals surface area contributed by atoms with Crippen molar-refractivity contribution in [1.82, 2.24) is 0 Å². The van der Waals surface area contributed by atoms with Crippen molar-refractivity contribution in [2.45, 2.75) is 20.5 Å². The highest BCUT2D eigenvalue weighted by Crippen LogP contribution is 2.24. The number of benzene rings is 1. The predicted octanol–water partition coefficient (Wildman–Crippen LogP) is 2.77. The zero-order valence-electron chi connectivity index (χ0n) is 11.0. The molecule has 0 spiro atoms. The fourth-order valence-electron chi connectivity index (χ4n) is 1.16. The normalized spacial score (nSPS) is 10.9. The molecular formula is C12H16ClF3N2O2. The van der Waals surface area contributed by atoms with Crippen molar-refractivity contribution in [1.29, 1.82) is 0 Å². The van der Waals surface area contributed by atoms with Crippen LogP contribution in [0.3, 0.4) is 0 Å². The molecule has 0 fully saturated rings. The van der Waals surface area contributed by atoms with Gasteiger partial charge in [-0.25, -0.2) is 4.39 Å². The minimum atomic E-state index is -3.11. The van der Waals surface area contributed by atoms with E-state index in [1.54, 1.807) is 13.8 Å². The fraction of sp³-hybridized carbons (Fsp3) is 0.417. The molecule has 4 nitrogen and oxygen atoms in total. The van der Waals surface area contributed by atoms with Crippen molar-refractivity contribution in [2.24, 2.45) is 11.1 Å². The summed E-state index contributed by atoms with van der Waals surface area (Å²) >= 11 is 0. The molecule has 20 heavy (non-hydrogen) atoms. The molecule has 0 saturated heterocycles. The third-order valence-corrected chi connectivity index (χ3v) is 2.53. The molecule has 0 saturated carbocycles. The zero-order valence-corrected chi connectivity index (χ0v) is 11.8. The number of alkyl halides is 2. The molecular weight excluding hydrogens is 297 g/mol. The molecule has 8 heteroatoms. The average Bonchev–Trinajstić information content (AvgIpc) is 2.32. The standard InChI is InChI=1S/C12H15F3N2O2.ClH/c1-12(2,6-16)10(18)17-7-3-4-9(8(13)5-7)19-11(14)15;/h3-5,11H,6,16H2,1-2H3,(H,17,18);1H. The van der Waals surface area contributed by atoms with Crippen LogP contribution in [0.25, 0.3) is 0 Å². The Bertz CT molecular complexity index is 470. The summed E-state index contributed by atoms with van der Waals surface area (Å²) in [7, 11) is 0. The van der Waals surface area contributed by atoms with Crippen LogP contribution in [0, 0.1) is 11.2 Å². The van der Waals surface area contributed by atoms with Gasteiger partial charge in [-0.15, -0.1) is 12.4 Å².